The van der Waals surface area contributed by atoms with Gasteiger partial charge in [0.25, 0.3) is 0 Å². The zero-order chi connectivity index (χ0) is 14.5. The van der Waals surface area contributed by atoms with Crippen LogP contribution in [0.15, 0.2) is 61.1 Å². The largest absolute Gasteiger partial charge is 0.256 e. The van der Waals surface area contributed by atoms with E-state index in [0.717, 1.165) is 16.9 Å². The number of aromatic nitrogens is 3. The van der Waals surface area contributed by atoms with Crippen LogP contribution < -0.4 is 0 Å². The highest BCUT2D eigenvalue weighted by Crippen LogP contribution is 2.11. The monoisotopic (exact) mass is 272 g/mol. The number of rotatable bonds is 3. The van der Waals surface area contributed by atoms with Crippen LogP contribution in [0, 0.1) is 11.3 Å². The summed E-state index contributed by atoms with van der Waals surface area (Å²) in [5.41, 5.74) is 3.49. The number of nitrogens with zero attached hydrogens (tertiary/aromatic N) is 4. The van der Waals surface area contributed by atoms with Crippen molar-refractivity contribution in [3.8, 4) is 11.8 Å². The molecule has 0 aliphatic carbocycles. The summed E-state index contributed by atoms with van der Waals surface area (Å²) >= 11 is 0. The molecule has 0 N–H and O–H groups in total. The summed E-state index contributed by atoms with van der Waals surface area (Å²) in [6.07, 6.45) is 9.14. The number of nitriles is 1. The fourth-order valence-electron chi connectivity index (χ4n) is 1.91. The molecule has 0 saturated carbocycles. The van der Waals surface area contributed by atoms with Crippen LogP contribution in [0.3, 0.4) is 0 Å². The van der Waals surface area contributed by atoms with E-state index in [2.05, 4.69) is 16.2 Å². The lowest BCUT2D eigenvalue weighted by molar-refractivity contribution is 0.880. The molecule has 3 aromatic rings. The maximum absolute atomic E-state index is 8.73. The number of hydrogen-bond donors (Lipinski definition) is 0. The lowest BCUT2D eigenvalue weighted by Gasteiger charge is -2.01. The zero-order valence-electron chi connectivity index (χ0n) is 11.2. The summed E-state index contributed by atoms with van der Waals surface area (Å²) in [5.74, 6) is 0. The predicted molar refractivity (Wildman–Crippen MR) is 81.4 cm³/mol. The molecule has 21 heavy (non-hydrogen) atoms. The van der Waals surface area contributed by atoms with Gasteiger partial charge in [-0.15, -0.1) is 0 Å². The van der Waals surface area contributed by atoms with Crippen LogP contribution in [-0.4, -0.2) is 14.8 Å². The van der Waals surface area contributed by atoms with Gasteiger partial charge in [0.2, 0.25) is 0 Å². The van der Waals surface area contributed by atoms with Crippen molar-refractivity contribution in [1.82, 2.24) is 14.8 Å². The third-order valence-corrected chi connectivity index (χ3v) is 3.02. The third-order valence-electron chi connectivity index (χ3n) is 3.02. The van der Waals surface area contributed by atoms with Crippen LogP contribution in [0.1, 0.15) is 16.8 Å². The Hall–Kier alpha value is -3.19. The minimum Gasteiger partial charge on any atom is -0.256 e. The van der Waals surface area contributed by atoms with Crippen molar-refractivity contribution in [3.05, 3.63) is 77.9 Å². The first kappa shape index (κ1) is 12.8. The second kappa shape index (κ2) is 5.85. The average Bonchev–Trinajstić information content (AvgIpc) is 3.08. The molecule has 0 bridgehead atoms. The number of pyridine rings is 1. The van der Waals surface area contributed by atoms with Gasteiger partial charge in [-0.1, -0.05) is 18.2 Å². The molecule has 0 unspecified atom stereocenters. The van der Waals surface area contributed by atoms with E-state index in [1.54, 1.807) is 18.5 Å². The van der Waals surface area contributed by atoms with Crippen LogP contribution in [0.25, 0.3) is 17.8 Å². The summed E-state index contributed by atoms with van der Waals surface area (Å²) in [6.45, 7) is 0. The molecule has 0 amide bonds. The number of hydrogen-bond acceptors (Lipinski definition) is 3. The molecule has 0 saturated heterocycles. The smallest absolute Gasteiger partial charge is 0.101 e. The van der Waals surface area contributed by atoms with Crippen molar-refractivity contribution in [1.29, 1.82) is 5.26 Å². The van der Waals surface area contributed by atoms with E-state index >= 15 is 0 Å². The Balaban J connectivity index is 1.75. The van der Waals surface area contributed by atoms with Gasteiger partial charge < -0.3 is 0 Å². The van der Waals surface area contributed by atoms with E-state index in [0.29, 0.717) is 5.56 Å². The van der Waals surface area contributed by atoms with Crippen LogP contribution in [0.5, 0.6) is 0 Å². The fourth-order valence-corrected chi connectivity index (χ4v) is 1.91. The maximum atomic E-state index is 8.73. The molecule has 2 aromatic heterocycles. The maximum Gasteiger partial charge on any atom is 0.101 e. The summed E-state index contributed by atoms with van der Waals surface area (Å²) in [7, 11) is 0. The Labute approximate surface area is 122 Å². The minimum absolute atomic E-state index is 0.565. The van der Waals surface area contributed by atoms with Gasteiger partial charge in [0.05, 0.1) is 16.9 Å². The lowest BCUT2D eigenvalue weighted by atomic mass is 10.1. The summed E-state index contributed by atoms with van der Waals surface area (Å²) < 4.78 is 1.82. The Morgan fingerprint density at radius 1 is 1.05 bits per heavy atom. The first-order valence-corrected chi connectivity index (χ1v) is 6.49. The molecule has 0 aliphatic heterocycles. The highest BCUT2D eigenvalue weighted by Gasteiger charge is 1.95. The average molecular weight is 272 g/mol. The molecular formula is C17H12N4. The highest BCUT2D eigenvalue weighted by molar-refractivity contribution is 5.68. The van der Waals surface area contributed by atoms with Gasteiger partial charge in [-0.2, -0.15) is 10.4 Å². The van der Waals surface area contributed by atoms with Crippen molar-refractivity contribution in [2.24, 2.45) is 0 Å². The molecule has 3 rings (SSSR count). The van der Waals surface area contributed by atoms with Crippen LogP contribution >= 0.6 is 0 Å². The van der Waals surface area contributed by atoms with E-state index in [1.807, 2.05) is 59.4 Å². The van der Waals surface area contributed by atoms with E-state index in [4.69, 9.17) is 5.26 Å². The Morgan fingerprint density at radius 2 is 1.90 bits per heavy atom. The fraction of sp³-hybridized carbons (Fsp3) is 0. The van der Waals surface area contributed by atoms with Gasteiger partial charge in [0, 0.05) is 18.6 Å². The Bertz CT molecular complexity index is 776. The van der Waals surface area contributed by atoms with E-state index in [-0.39, 0.29) is 0 Å². The van der Waals surface area contributed by atoms with Crippen molar-refractivity contribution in [3.63, 3.8) is 0 Å². The molecule has 100 valence electrons. The molecule has 0 spiro atoms. The Morgan fingerprint density at radius 3 is 2.52 bits per heavy atom. The summed E-state index contributed by atoms with van der Waals surface area (Å²) in [4.78, 5) is 4.20. The van der Waals surface area contributed by atoms with E-state index in [9.17, 15) is 0 Å². The van der Waals surface area contributed by atoms with Gasteiger partial charge in [0.15, 0.2) is 0 Å². The predicted octanol–water partition coefficient (Wildman–Crippen LogP) is 3.31. The minimum atomic E-state index is 0.565. The second-order valence-corrected chi connectivity index (χ2v) is 4.46. The zero-order valence-corrected chi connectivity index (χ0v) is 11.2. The molecule has 1 aromatic carbocycles. The standard InChI is InChI=1S/C17H12N4/c18-12-15-3-7-16(19-13-15)6-2-14-4-8-17(9-5-14)21-11-1-10-20-21/h1-11,13H/b6-2+. The van der Waals surface area contributed by atoms with E-state index < -0.39 is 0 Å². The molecule has 4 nitrogen and oxygen atoms in total. The first-order chi connectivity index (χ1) is 10.3. The summed E-state index contributed by atoms with van der Waals surface area (Å²) in [5, 5.41) is 12.9. The van der Waals surface area contributed by atoms with Crippen molar-refractivity contribution < 1.29 is 0 Å². The normalized spacial score (nSPS) is 10.6. The van der Waals surface area contributed by atoms with Crippen molar-refractivity contribution in [2.45, 2.75) is 0 Å². The van der Waals surface area contributed by atoms with Gasteiger partial charge in [-0.05, 0) is 42.0 Å². The molecule has 0 atom stereocenters. The van der Waals surface area contributed by atoms with Crippen molar-refractivity contribution in [2.75, 3.05) is 0 Å². The number of benzene rings is 1. The van der Waals surface area contributed by atoms with Crippen LogP contribution in [0.2, 0.25) is 0 Å². The second-order valence-electron chi connectivity index (χ2n) is 4.46. The van der Waals surface area contributed by atoms with Gasteiger partial charge >= 0.3 is 0 Å². The van der Waals surface area contributed by atoms with E-state index in [1.165, 1.54) is 0 Å². The van der Waals surface area contributed by atoms with Gasteiger partial charge in [-0.25, -0.2) is 4.68 Å². The lowest BCUT2D eigenvalue weighted by Crippen LogP contribution is -1.93. The van der Waals surface area contributed by atoms with Crippen LogP contribution in [-0.2, 0) is 0 Å². The quantitative estimate of drug-likeness (QED) is 0.735. The molecule has 0 fully saturated rings. The summed E-state index contributed by atoms with van der Waals surface area (Å²) in [6, 6.07) is 15.6. The van der Waals surface area contributed by atoms with Crippen molar-refractivity contribution >= 4 is 12.2 Å². The highest BCUT2D eigenvalue weighted by atomic mass is 15.3. The third kappa shape index (κ3) is 3.04. The molecule has 4 heteroatoms. The molecule has 0 aliphatic rings. The Kier molecular flexibility index (Phi) is 3.57. The molecular weight excluding hydrogens is 260 g/mol. The van der Waals surface area contributed by atoms with Gasteiger partial charge in [0.1, 0.15) is 6.07 Å². The SMILES string of the molecule is N#Cc1ccc(/C=C/c2ccc(-n3cccn3)cc2)nc1. The molecule has 0 radical (unpaired) electrons. The topological polar surface area (TPSA) is 54.5 Å². The first-order valence-electron chi connectivity index (χ1n) is 6.49. The van der Waals surface area contributed by atoms with Crippen LogP contribution in [0.4, 0.5) is 0 Å². The van der Waals surface area contributed by atoms with Gasteiger partial charge in [-0.3, -0.25) is 4.98 Å². The molecule has 2 heterocycles.